The van der Waals surface area contributed by atoms with Gasteiger partial charge < -0.3 is 49.7 Å². The first kappa shape index (κ1) is 43.1. The summed E-state index contributed by atoms with van der Waals surface area (Å²) in [5.74, 6) is -1.17. The molecule has 1 fully saturated rings. The van der Waals surface area contributed by atoms with Gasteiger partial charge in [-0.05, 0) is 59.5 Å². The van der Waals surface area contributed by atoms with Crippen LogP contribution in [0.3, 0.4) is 0 Å². The first-order chi connectivity index (χ1) is 27.0. The van der Waals surface area contributed by atoms with E-state index < -0.39 is 28.9 Å². The molecular weight excluding hydrogens is 765 g/mol. The number of likely N-dealkylation sites (N-methyl/N-ethyl adjacent to an activating group) is 1. The van der Waals surface area contributed by atoms with E-state index in [1.807, 2.05) is 32.0 Å². The number of rotatable bonds is 7. The number of amides is 4. The Balaban J connectivity index is 1.31. The maximum Gasteiger partial charge on any atom is 0.323 e. The molecule has 0 radical (unpaired) electrons. The lowest BCUT2D eigenvalue weighted by Gasteiger charge is -2.44. The van der Waals surface area contributed by atoms with Crippen LogP contribution in [0.2, 0.25) is 10.0 Å². The zero-order valence-corrected chi connectivity index (χ0v) is 33.6. The van der Waals surface area contributed by atoms with Gasteiger partial charge in [-0.1, -0.05) is 49.2 Å². The second kappa shape index (κ2) is 21.0. The highest BCUT2D eigenvalue weighted by molar-refractivity contribution is 6.31. The van der Waals surface area contributed by atoms with Gasteiger partial charge in [-0.3, -0.25) is 14.5 Å². The zero-order valence-electron chi connectivity index (χ0n) is 32.1. The van der Waals surface area contributed by atoms with Crippen molar-refractivity contribution in [3.05, 3.63) is 81.8 Å². The number of halogens is 2. The topological polar surface area (TPSA) is 158 Å². The van der Waals surface area contributed by atoms with Crippen LogP contribution in [0.4, 0.5) is 21.9 Å². The Morgan fingerprint density at radius 3 is 1.86 bits per heavy atom. The molecule has 304 valence electrons. The minimum atomic E-state index is -2.02. The summed E-state index contributed by atoms with van der Waals surface area (Å²) in [6.07, 6.45) is -0.0212. The number of hydrogen-bond acceptors (Lipinski definition) is 10. The Hall–Kier alpha value is -3.99. The number of fused-ring (bicyclic) bond motifs is 1. The van der Waals surface area contributed by atoms with Crippen LogP contribution in [0.1, 0.15) is 31.4 Å². The van der Waals surface area contributed by atoms with Crippen molar-refractivity contribution in [2.24, 2.45) is 0 Å². The number of ether oxygens (including phenoxy) is 6. The molecule has 2 aliphatic rings. The predicted molar refractivity (Wildman–Crippen MR) is 215 cm³/mol. The second-order valence-electron chi connectivity index (χ2n) is 14.0. The fourth-order valence-electron chi connectivity index (χ4n) is 6.48. The minimum absolute atomic E-state index is 0.0212. The van der Waals surface area contributed by atoms with E-state index >= 15 is 0 Å². The van der Waals surface area contributed by atoms with Gasteiger partial charge >= 0.3 is 6.03 Å². The lowest BCUT2D eigenvalue weighted by Crippen LogP contribution is -2.62. The van der Waals surface area contributed by atoms with Crippen molar-refractivity contribution in [1.29, 1.82) is 0 Å². The van der Waals surface area contributed by atoms with Crippen molar-refractivity contribution in [2.45, 2.75) is 37.8 Å². The highest BCUT2D eigenvalue weighted by atomic mass is 35.5. The molecular formula is C40H51Cl2N5O9. The van der Waals surface area contributed by atoms with Crippen molar-refractivity contribution in [1.82, 2.24) is 10.2 Å². The van der Waals surface area contributed by atoms with Gasteiger partial charge in [0, 0.05) is 60.1 Å². The van der Waals surface area contributed by atoms with E-state index in [-0.39, 0.29) is 17.9 Å². The van der Waals surface area contributed by atoms with Crippen LogP contribution in [-0.2, 0) is 45.2 Å². The van der Waals surface area contributed by atoms with Gasteiger partial charge in [-0.15, -0.1) is 0 Å². The van der Waals surface area contributed by atoms with Crippen molar-refractivity contribution in [3.8, 4) is 5.75 Å². The van der Waals surface area contributed by atoms with E-state index in [0.717, 1.165) is 5.56 Å². The molecule has 0 spiro atoms. The summed E-state index contributed by atoms with van der Waals surface area (Å²) in [5, 5.41) is 12.0. The monoisotopic (exact) mass is 815 g/mol. The molecule has 0 aromatic heterocycles. The van der Waals surface area contributed by atoms with E-state index in [2.05, 4.69) is 26.2 Å². The molecule has 4 N–H and O–H groups in total. The van der Waals surface area contributed by atoms with E-state index in [9.17, 15) is 14.4 Å². The number of hydrogen-bond donors (Lipinski definition) is 4. The van der Waals surface area contributed by atoms with Crippen LogP contribution in [0.25, 0.3) is 0 Å². The highest BCUT2D eigenvalue weighted by Crippen LogP contribution is 2.50. The molecule has 2 aliphatic heterocycles. The fourth-order valence-corrected chi connectivity index (χ4v) is 6.82. The van der Waals surface area contributed by atoms with Gasteiger partial charge in [0.15, 0.2) is 0 Å². The number of carbonyl (C=O) groups excluding carboxylic acids is 3. The van der Waals surface area contributed by atoms with Crippen LogP contribution in [-0.4, -0.2) is 115 Å². The fraction of sp³-hybridized carbons (Fsp3) is 0.475. The normalized spacial score (nSPS) is 20.2. The average Bonchev–Trinajstić information content (AvgIpc) is 3.16. The molecule has 1 atom stereocenters. The van der Waals surface area contributed by atoms with Crippen LogP contribution in [0.5, 0.6) is 5.75 Å². The highest BCUT2D eigenvalue weighted by Gasteiger charge is 2.56. The van der Waals surface area contributed by atoms with Gasteiger partial charge in [-0.25, -0.2) is 4.79 Å². The molecule has 4 amide bonds. The molecule has 1 saturated heterocycles. The van der Waals surface area contributed by atoms with Crippen molar-refractivity contribution < 1.29 is 42.8 Å². The lowest BCUT2D eigenvalue weighted by atomic mass is 9.71. The summed E-state index contributed by atoms with van der Waals surface area (Å²) in [6, 6.07) is 16.7. The molecule has 3 aromatic rings. The first-order valence-corrected chi connectivity index (χ1v) is 19.3. The summed E-state index contributed by atoms with van der Waals surface area (Å²) in [4.78, 5) is 43.6. The molecule has 0 saturated carbocycles. The van der Waals surface area contributed by atoms with Crippen LogP contribution in [0.15, 0.2) is 60.7 Å². The van der Waals surface area contributed by atoms with Crippen molar-refractivity contribution in [3.63, 3.8) is 0 Å². The lowest BCUT2D eigenvalue weighted by molar-refractivity contribution is -0.150. The molecule has 14 nitrogen and oxygen atoms in total. The Kier molecular flexibility index (Phi) is 16.1. The number of benzene rings is 3. The number of urea groups is 1. The maximum atomic E-state index is 14.4. The van der Waals surface area contributed by atoms with Gasteiger partial charge in [0.05, 0.1) is 71.8 Å². The van der Waals surface area contributed by atoms with Gasteiger partial charge in [-0.2, -0.15) is 0 Å². The van der Waals surface area contributed by atoms with E-state index in [1.54, 1.807) is 36.4 Å². The van der Waals surface area contributed by atoms with E-state index in [0.29, 0.717) is 113 Å². The van der Waals surface area contributed by atoms with Gasteiger partial charge in [0.2, 0.25) is 0 Å². The molecule has 0 unspecified atom stereocenters. The van der Waals surface area contributed by atoms with E-state index in [4.69, 9.17) is 51.6 Å². The van der Waals surface area contributed by atoms with Crippen LogP contribution in [0, 0.1) is 0 Å². The number of nitrogens with zero attached hydrogens (tertiary/aromatic N) is 1. The van der Waals surface area contributed by atoms with Gasteiger partial charge in [0.1, 0.15) is 5.75 Å². The largest absolute Gasteiger partial charge is 0.465 e. The number of anilines is 3. The Morgan fingerprint density at radius 2 is 1.27 bits per heavy atom. The van der Waals surface area contributed by atoms with Crippen molar-refractivity contribution >= 4 is 58.1 Å². The van der Waals surface area contributed by atoms with Crippen molar-refractivity contribution in [2.75, 3.05) is 102 Å². The average molecular weight is 817 g/mol. The molecule has 16 heteroatoms. The third-order valence-electron chi connectivity index (χ3n) is 9.24. The Labute approximate surface area is 337 Å². The summed E-state index contributed by atoms with van der Waals surface area (Å²) >= 11 is 12.5. The minimum Gasteiger partial charge on any atom is -0.465 e. The Morgan fingerprint density at radius 1 is 0.679 bits per heavy atom. The second-order valence-corrected chi connectivity index (χ2v) is 14.9. The number of carbonyl (C=O) groups is 3. The molecule has 0 bridgehead atoms. The standard InChI is InChI=1S/C40H51Cl2N5O9/c1-39(2)27-40(36(48)43-3,56-35-33(39)24-30(42)25-34(35)46-38(50)45-31-9-7-29(41)8-10-31)37(49)44-32-6-4-5-28(23-32)26-47-11-13-51-15-17-53-19-21-55-22-20-54-18-16-52-14-12-47/h4-10,23-25H,11-22,26-27H2,1-3H3,(H,43,48)(H,44,49)(H2,45,46,50)/t40-/m0/s1. The molecule has 0 aliphatic carbocycles. The number of nitrogens with one attached hydrogen (secondary N) is 4. The SMILES string of the molecule is CNC(=O)[C@]1(C(=O)Nc2cccc(CN3CCOCCOCCOCCOCCOCC3)c2)CC(C)(C)c2cc(Cl)cc(NC(=O)Nc3ccc(Cl)cc3)c2O1. The third kappa shape index (κ3) is 12.3. The Bertz CT molecular complexity index is 1760. The van der Waals surface area contributed by atoms with Gasteiger partial charge in [0.25, 0.3) is 17.4 Å². The summed E-state index contributed by atoms with van der Waals surface area (Å²) in [7, 11) is 1.44. The summed E-state index contributed by atoms with van der Waals surface area (Å²) in [5.41, 5.74) is -0.109. The van der Waals surface area contributed by atoms with Crippen LogP contribution < -0.4 is 26.0 Å². The summed E-state index contributed by atoms with van der Waals surface area (Å²) < 4.78 is 34.7. The first-order valence-electron chi connectivity index (χ1n) is 18.6. The quantitative estimate of drug-likeness (QED) is 0.218. The molecule has 3 aromatic carbocycles. The maximum absolute atomic E-state index is 14.4. The predicted octanol–water partition coefficient (Wildman–Crippen LogP) is 5.72. The third-order valence-corrected chi connectivity index (χ3v) is 9.71. The zero-order chi connectivity index (χ0) is 40.0. The molecule has 56 heavy (non-hydrogen) atoms. The van der Waals surface area contributed by atoms with E-state index in [1.165, 1.54) is 13.1 Å². The van der Waals surface area contributed by atoms with Crippen LogP contribution >= 0.6 is 23.2 Å². The summed E-state index contributed by atoms with van der Waals surface area (Å²) in [6.45, 7) is 10.4. The molecule has 5 rings (SSSR count). The smallest absolute Gasteiger partial charge is 0.323 e. The molecule has 2 heterocycles.